The van der Waals surface area contributed by atoms with Crippen molar-refractivity contribution in [1.29, 1.82) is 0 Å². The molecule has 1 spiro atoms. The number of carbonyl (C=O) groups is 1. The molecule has 2 fully saturated rings. The lowest BCUT2D eigenvalue weighted by Gasteiger charge is -2.27. The molecule has 8 nitrogen and oxygen atoms in total. The third-order valence-electron chi connectivity index (χ3n) is 7.69. The maximum atomic E-state index is 13.0. The van der Waals surface area contributed by atoms with Crippen LogP contribution in [0.4, 0.5) is 11.5 Å². The van der Waals surface area contributed by atoms with E-state index in [1.807, 2.05) is 19.1 Å². The van der Waals surface area contributed by atoms with Crippen LogP contribution in [-0.4, -0.2) is 54.3 Å². The van der Waals surface area contributed by atoms with Crippen LogP contribution in [0, 0.1) is 12.3 Å². The summed E-state index contributed by atoms with van der Waals surface area (Å²) in [6.45, 7) is 5.21. The number of nitrogens with two attached hydrogens (primary N) is 2. The van der Waals surface area contributed by atoms with Gasteiger partial charge in [-0.3, -0.25) is 4.79 Å². The molecule has 178 valence electrons. The van der Waals surface area contributed by atoms with Crippen LogP contribution in [0.15, 0.2) is 24.3 Å². The number of thiophene rings is 1. The van der Waals surface area contributed by atoms with Gasteiger partial charge in [-0.2, -0.15) is 0 Å². The predicted molar refractivity (Wildman–Crippen MR) is 134 cm³/mol. The van der Waals surface area contributed by atoms with E-state index in [0.29, 0.717) is 10.6 Å². The lowest BCUT2D eigenvalue weighted by Crippen LogP contribution is -2.40. The largest absolute Gasteiger partial charge is 0.397 e. The van der Waals surface area contributed by atoms with E-state index < -0.39 is 0 Å². The van der Waals surface area contributed by atoms with Crippen molar-refractivity contribution in [1.82, 2.24) is 15.3 Å². The molecule has 3 atom stereocenters. The van der Waals surface area contributed by atoms with Crippen molar-refractivity contribution in [3.8, 4) is 0 Å². The first kappa shape index (κ1) is 21.8. The average molecular weight is 479 g/mol. The van der Waals surface area contributed by atoms with Gasteiger partial charge in [0.2, 0.25) is 0 Å². The van der Waals surface area contributed by atoms with Crippen LogP contribution in [0.3, 0.4) is 0 Å². The number of carbonyl (C=O) groups excluding carboxylic acids is 1. The van der Waals surface area contributed by atoms with Gasteiger partial charge in [0.15, 0.2) is 0 Å². The number of hydrogen-bond acceptors (Lipinski definition) is 8. The highest BCUT2D eigenvalue weighted by atomic mass is 32.1. The number of nitrogens with one attached hydrogen (secondary N) is 1. The second-order valence-electron chi connectivity index (χ2n) is 9.99. The van der Waals surface area contributed by atoms with E-state index in [1.54, 1.807) is 0 Å². The number of pyridine rings is 2. The zero-order valence-corrected chi connectivity index (χ0v) is 20.2. The van der Waals surface area contributed by atoms with Gasteiger partial charge < -0.3 is 26.4 Å². The standard InChI is InChI=1S/C25H30N6O2S/c1-14-2-5-17-21(27)22(34-24(17)28-14)23(32)29-16-4-6-18-15(10-16)3-7-20(30-18)31-11-19(26)25(12-31)8-9-33-13-25/h2-3,5,7,16,19H,4,6,8-13,26-27H2,1H3,(H,29,32)/t16-,19+,25-/m0/s1. The minimum Gasteiger partial charge on any atom is -0.397 e. The summed E-state index contributed by atoms with van der Waals surface area (Å²) in [4.78, 5) is 26.2. The number of nitrogens with zero attached hydrogens (tertiary/aromatic N) is 3. The minimum atomic E-state index is -0.119. The van der Waals surface area contributed by atoms with Gasteiger partial charge in [0.25, 0.3) is 5.91 Å². The van der Waals surface area contributed by atoms with Crippen LogP contribution < -0.4 is 21.7 Å². The van der Waals surface area contributed by atoms with Gasteiger partial charge in [-0.15, -0.1) is 11.3 Å². The smallest absolute Gasteiger partial charge is 0.263 e. The molecule has 0 bridgehead atoms. The van der Waals surface area contributed by atoms with Crippen LogP contribution in [0.1, 0.15) is 39.5 Å². The molecular formula is C25H30N6O2S. The topological polar surface area (TPSA) is 119 Å². The summed E-state index contributed by atoms with van der Waals surface area (Å²) < 4.78 is 5.66. The van der Waals surface area contributed by atoms with Crippen LogP contribution in [0.5, 0.6) is 0 Å². The second-order valence-corrected chi connectivity index (χ2v) is 11.0. The molecule has 3 aromatic heterocycles. The van der Waals surface area contributed by atoms with Gasteiger partial charge in [0.1, 0.15) is 15.5 Å². The Morgan fingerprint density at radius 2 is 2.18 bits per heavy atom. The molecule has 9 heteroatoms. The number of hydrogen-bond donors (Lipinski definition) is 3. The molecular weight excluding hydrogens is 448 g/mol. The van der Waals surface area contributed by atoms with E-state index >= 15 is 0 Å². The van der Waals surface area contributed by atoms with Crippen LogP contribution >= 0.6 is 11.3 Å². The Bertz CT molecular complexity index is 1270. The third kappa shape index (κ3) is 3.62. The van der Waals surface area contributed by atoms with Gasteiger partial charge >= 0.3 is 0 Å². The fourth-order valence-electron chi connectivity index (χ4n) is 5.62. The fraction of sp³-hybridized carbons (Fsp3) is 0.480. The first-order valence-corrected chi connectivity index (χ1v) is 12.8. The molecule has 2 saturated heterocycles. The van der Waals surface area contributed by atoms with Crippen molar-refractivity contribution in [3.05, 3.63) is 46.1 Å². The van der Waals surface area contributed by atoms with E-state index in [2.05, 4.69) is 27.3 Å². The van der Waals surface area contributed by atoms with Crippen molar-refractivity contribution in [2.75, 3.05) is 36.9 Å². The van der Waals surface area contributed by atoms with Gasteiger partial charge in [-0.1, -0.05) is 6.07 Å². The molecule has 6 rings (SSSR count). The summed E-state index contributed by atoms with van der Waals surface area (Å²) in [5, 5.41) is 4.04. The third-order valence-corrected chi connectivity index (χ3v) is 8.81. The van der Waals surface area contributed by atoms with Crippen molar-refractivity contribution in [2.45, 2.75) is 44.7 Å². The lowest BCUT2D eigenvalue weighted by molar-refractivity contribution is 0.0938. The summed E-state index contributed by atoms with van der Waals surface area (Å²) in [6, 6.07) is 8.30. The molecule has 3 aliphatic rings. The summed E-state index contributed by atoms with van der Waals surface area (Å²) in [5.41, 5.74) is 16.6. The molecule has 1 amide bonds. The Balaban J connectivity index is 1.15. The van der Waals surface area contributed by atoms with E-state index in [1.165, 1.54) is 16.9 Å². The normalized spacial score (nSPS) is 26.4. The molecule has 0 unspecified atom stereocenters. The highest BCUT2D eigenvalue weighted by Gasteiger charge is 2.47. The summed E-state index contributed by atoms with van der Waals surface area (Å²) in [7, 11) is 0. The van der Waals surface area contributed by atoms with Crippen molar-refractivity contribution < 1.29 is 9.53 Å². The van der Waals surface area contributed by atoms with Crippen LogP contribution in [0.25, 0.3) is 10.2 Å². The zero-order chi connectivity index (χ0) is 23.4. The van der Waals surface area contributed by atoms with Gasteiger partial charge in [0.05, 0.1) is 12.3 Å². The molecule has 3 aromatic rings. The Morgan fingerprint density at radius 3 is 3.00 bits per heavy atom. The van der Waals surface area contributed by atoms with Gasteiger partial charge in [-0.05, 0) is 56.4 Å². The Morgan fingerprint density at radius 1 is 1.29 bits per heavy atom. The SMILES string of the molecule is Cc1ccc2c(N)c(C(=O)N[C@H]3CCc4nc(N5C[C@@H](N)[C@@]6(CCOC6)C5)ccc4C3)sc2n1. The lowest BCUT2D eigenvalue weighted by atomic mass is 9.83. The highest BCUT2D eigenvalue weighted by Crippen LogP contribution is 2.39. The molecule has 34 heavy (non-hydrogen) atoms. The number of amides is 1. The molecule has 5 heterocycles. The van der Waals surface area contributed by atoms with Crippen molar-refractivity contribution in [3.63, 3.8) is 0 Å². The molecule has 0 radical (unpaired) electrons. The molecule has 2 aliphatic heterocycles. The van der Waals surface area contributed by atoms with E-state index in [9.17, 15) is 4.79 Å². The first-order chi connectivity index (χ1) is 16.4. The van der Waals surface area contributed by atoms with E-state index in [-0.39, 0.29) is 23.4 Å². The number of rotatable bonds is 3. The van der Waals surface area contributed by atoms with Crippen LogP contribution in [-0.2, 0) is 17.6 Å². The molecule has 0 aromatic carbocycles. The van der Waals surface area contributed by atoms with Gasteiger partial charge in [-0.25, -0.2) is 9.97 Å². The summed E-state index contributed by atoms with van der Waals surface area (Å²) >= 11 is 1.36. The first-order valence-electron chi connectivity index (χ1n) is 12.0. The monoisotopic (exact) mass is 478 g/mol. The quantitative estimate of drug-likeness (QED) is 0.529. The molecule has 5 N–H and O–H groups in total. The number of ether oxygens (including phenoxy) is 1. The Labute approximate surface area is 202 Å². The van der Waals surface area contributed by atoms with Crippen molar-refractivity contribution >= 4 is 39.0 Å². The Hall–Kier alpha value is -2.75. The highest BCUT2D eigenvalue weighted by molar-refractivity contribution is 7.21. The van der Waals surface area contributed by atoms with Crippen LogP contribution in [0.2, 0.25) is 0 Å². The van der Waals surface area contributed by atoms with E-state index in [0.717, 1.165) is 79.4 Å². The molecule has 0 saturated carbocycles. The summed E-state index contributed by atoms with van der Waals surface area (Å²) in [6.07, 6.45) is 3.49. The van der Waals surface area contributed by atoms with Crippen molar-refractivity contribution in [2.24, 2.45) is 11.1 Å². The number of aryl methyl sites for hydroxylation is 2. The van der Waals surface area contributed by atoms with Gasteiger partial charge in [0, 0.05) is 54.0 Å². The van der Waals surface area contributed by atoms with E-state index in [4.69, 9.17) is 21.2 Å². The fourth-order valence-corrected chi connectivity index (χ4v) is 6.66. The minimum absolute atomic E-state index is 0.0612. The molecule has 1 aliphatic carbocycles. The summed E-state index contributed by atoms with van der Waals surface area (Å²) in [5.74, 6) is 0.882. The number of aromatic nitrogens is 2. The zero-order valence-electron chi connectivity index (χ0n) is 19.3. The maximum absolute atomic E-state index is 13.0. The number of fused-ring (bicyclic) bond motifs is 2. The average Bonchev–Trinajstić information content (AvgIpc) is 3.52. The maximum Gasteiger partial charge on any atom is 0.263 e. The Kier molecular flexibility index (Phi) is 5.24. The predicted octanol–water partition coefficient (Wildman–Crippen LogP) is 2.42. The number of nitrogen functional groups attached to an aromatic ring is 1. The number of anilines is 2. The second kappa shape index (κ2) is 8.18.